The van der Waals surface area contributed by atoms with Crippen LogP contribution < -0.4 is 15.4 Å². The Labute approximate surface area is 188 Å². The van der Waals surface area contributed by atoms with Gasteiger partial charge < -0.3 is 19.8 Å². The van der Waals surface area contributed by atoms with Crippen LogP contribution in [0.4, 0.5) is 24.5 Å². The lowest BCUT2D eigenvalue weighted by atomic mass is 10.2. The van der Waals surface area contributed by atoms with Crippen molar-refractivity contribution in [3.8, 4) is 5.75 Å². The molecule has 0 atom stereocenters. The van der Waals surface area contributed by atoms with Gasteiger partial charge in [-0.1, -0.05) is 18.2 Å². The second kappa shape index (κ2) is 9.23. The monoisotopic (exact) mass is 454 g/mol. The zero-order valence-electron chi connectivity index (χ0n) is 17.7. The second-order valence-electron chi connectivity index (χ2n) is 7.49. The molecule has 9 heteroatoms. The molecule has 0 spiro atoms. The number of carbonyl (C=O) groups is 1. The molecule has 2 aromatic heterocycles. The van der Waals surface area contributed by atoms with Crippen molar-refractivity contribution in [2.24, 2.45) is 0 Å². The average Bonchev–Trinajstić information content (AvgIpc) is 3.19. The number of carbonyl (C=O) groups excluding carboxylic acids is 1. The summed E-state index contributed by atoms with van der Waals surface area (Å²) >= 11 is 0. The van der Waals surface area contributed by atoms with Crippen LogP contribution in [0, 0.1) is 6.92 Å². The molecule has 1 amide bonds. The average molecular weight is 454 g/mol. The molecule has 0 bridgehead atoms. The first-order valence-corrected chi connectivity index (χ1v) is 10.1. The molecule has 0 saturated carbocycles. The molecule has 0 unspecified atom stereocenters. The third-order valence-corrected chi connectivity index (χ3v) is 4.81. The number of benzene rings is 2. The predicted octanol–water partition coefficient (Wildman–Crippen LogP) is 5.45. The van der Waals surface area contributed by atoms with Gasteiger partial charge in [0.15, 0.2) is 0 Å². The summed E-state index contributed by atoms with van der Waals surface area (Å²) in [5.74, 6) is 0.116. The van der Waals surface area contributed by atoms with E-state index in [1.807, 2.05) is 35.9 Å². The maximum absolute atomic E-state index is 12.6. The van der Waals surface area contributed by atoms with Crippen molar-refractivity contribution in [2.75, 3.05) is 17.2 Å². The number of halogens is 3. The van der Waals surface area contributed by atoms with Crippen LogP contribution in [0.5, 0.6) is 5.75 Å². The van der Waals surface area contributed by atoms with Crippen LogP contribution >= 0.6 is 0 Å². The van der Waals surface area contributed by atoms with E-state index in [1.54, 1.807) is 36.4 Å². The van der Waals surface area contributed by atoms with Gasteiger partial charge in [-0.25, -0.2) is 4.98 Å². The number of amides is 1. The number of nitrogens with zero attached hydrogens (tertiary/aromatic N) is 2. The number of rotatable bonds is 7. The number of aryl methyl sites for hydroxylation is 1. The van der Waals surface area contributed by atoms with Crippen molar-refractivity contribution < 1.29 is 22.7 Å². The Morgan fingerprint density at radius 1 is 1.00 bits per heavy atom. The fourth-order valence-corrected chi connectivity index (χ4v) is 3.22. The minimum atomic E-state index is -4.37. The molecule has 33 heavy (non-hydrogen) atoms. The number of imidazole rings is 1. The Kier molecular flexibility index (Phi) is 6.21. The fraction of sp³-hybridized carbons (Fsp3) is 0.167. The van der Waals surface area contributed by atoms with Gasteiger partial charge >= 0.3 is 6.18 Å². The summed E-state index contributed by atoms with van der Waals surface area (Å²) in [7, 11) is 0. The molecule has 2 N–H and O–H groups in total. The van der Waals surface area contributed by atoms with Crippen LogP contribution in [0.1, 0.15) is 21.6 Å². The number of nitrogens with one attached hydrogen (secondary N) is 2. The van der Waals surface area contributed by atoms with E-state index in [0.29, 0.717) is 11.3 Å². The van der Waals surface area contributed by atoms with Crippen molar-refractivity contribution in [3.05, 3.63) is 89.9 Å². The van der Waals surface area contributed by atoms with Crippen molar-refractivity contribution in [3.63, 3.8) is 0 Å². The van der Waals surface area contributed by atoms with Gasteiger partial charge in [-0.3, -0.25) is 4.79 Å². The number of aromatic nitrogens is 2. The van der Waals surface area contributed by atoms with Crippen molar-refractivity contribution in [1.29, 1.82) is 0 Å². The first-order valence-electron chi connectivity index (χ1n) is 10.1. The molecule has 6 nitrogen and oxygen atoms in total. The van der Waals surface area contributed by atoms with Crippen LogP contribution in [0.2, 0.25) is 0 Å². The first-order chi connectivity index (χ1) is 15.8. The minimum Gasteiger partial charge on any atom is -0.487 e. The SMILES string of the molecule is Cc1ccc2nc(COc3ccc(C(=O)Nc4ccccc4NCC(F)(F)F)cc3)cn2c1. The molecule has 4 rings (SSSR count). The maximum Gasteiger partial charge on any atom is 0.405 e. The number of ether oxygens (including phenoxy) is 1. The molecule has 2 aromatic carbocycles. The summed E-state index contributed by atoms with van der Waals surface area (Å²) in [6.07, 6.45) is -0.486. The van der Waals surface area contributed by atoms with Gasteiger partial charge in [-0.2, -0.15) is 13.2 Å². The second-order valence-corrected chi connectivity index (χ2v) is 7.49. The van der Waals surface area contributed by atoms with Crippen molar-refractivity contribution in [2.45, 2.75) is 19.7 Å². The van der Waals surface area contributed by atoms with Gasteiger partial charge in [0.1, 0.15) is 24.5 Å². The third kappa shape index (κ3) is 5.82. The molecular formula is C24H21F3N4O2. The summed E-state index contributed by atoms with van der Waals surface area (Å²) < 4.78 is 45.2. The Hall–Kier alpha value is -4.01. The normalized spacial score (nSPS) is 11.4. The van der Waals surface area contributed by atoms with Gasteiger partial charge in [0, 0.05) is 18.0 Å². The summed E-state index contributed by atoms with van der Waals surface area (Å²) in [4.78, 5) is 17.1. The highest BCUT2D eigenvalue weighted by molar-refractivity contribution is 6.05. The number of hydrogen-bond donors (Lipinski definition) is 2. The molecule has 0 aliphatic rings. The third-order valence-electron chi connectivity index (χ3n) is 4.81. The molecule has 4 aromatic rings. The van der Waals surface area contributed by atoms with E-state index in [1.165, 1.54) is 12.1 Å². The van der Waals surface area contributed by atoms with Crippen LogP contribution in [0.3, 0.4) is 0 Å². The first kappa shape index (κ1) is 22.2. The van der Waals surface area contributed by atoms with E-state index >= 15 is 0 Å². The van der Waals surface area contributed by atoms with E-state index in [4.69, 9.17) is 4.74 Å². The lowest BCUT2D eigenvalue weighted by molar-refractivity contribution is -0.115. The topological polar surface area (TPSA) is 67.7 Å². The van der Waals surface area contributed by atoms with Gasteiger partial charge in [0.2, 0.25) is 0 Å². The predicted molar refractivity (Wildman–Crippen MR) is 120 cm³/mol. The van der Waals surface area contributed by atoms with Gasteiger partial charge in [0.25, 0.3) is 5.91 Å². The van der Waals surface area contributed by atoms with Crippen LogP contribution in [-0.2, 0) is 6.61 Å². The quantitative estimate of drug-likeness (QED) is 0.390. The Balaban J connectivity index is 1.37. The lowest BCUT2D eigenvalue weighted by Gasteiger charge is -2.14. The van der Waals surface area contributed by atoms with Crippen LogP contribution in [0.15, 0.2) is 73.1 Å². The molecule has 2 heterocycles. The largest absolute Gasteiger partial charge is 0.487 e. The van der Waals surface area contributed by atoms with Crippen molar-refractivity contribution in [1.82, 2.24) is 9.38 Å². The number of anilines is 2. The number of para-hydroxylation sites is 2. The minimum absolute atomic E-state index is 0.186. The fourth-order valence-electron chi connectivity index (χ4n) is 3.22. The smallest absolute Gasteiger partial charge is 0.405 e. The zero-order valence-corrected chi connectivity index (χ0v) is 17.7. The Bertz CT molecular complexity index is 1270. The summed E-state index contributed by atoms with van der Waals surface area (Å²) in [5.41, 5.74) is 3.51. The highest BCUT2D eigenvalue weighted by atomic mass is 19.4. The number of alkyl halides is 3. The Morgan fingerprint density at radius 3 is 2.45 bits per heavy atom. The van der Waals surface area contributed by atoms with Crippen molar-refractivity contribution >= 4 is 22.9 Å². The summed E-state index contributed by atoms with van der Waals surface area (Å²) in [6, 6.07) is 16.6. The van der Waals surface area contributed by atoms with E-state index < -0.39 is 18.6 Å². The summed E-state index contributed by atoms with van der Waals surface area (Å²) in [6.45, 7) is 1.08. The number of hydrogen-bond acceptors (Lipinski definition) is 4. The van der Waals surface area contributed by atoms with E-state index in [2.05, 4.69) is 15.6 Å². The molecule has 0 saturated heterocycles. The Morgan fingerprint density at radius 2 is 1.73 bits per heavy atom. The number of pyridine rings is 1. The summed E-state index contributed by atoms with van der Waals surface area (Å²) in [5, 5.41) is 4.93. The molecular weight excluding hydrogens is 433 g/mol. The molecule has 0 fully saturated rings. The van der Waals surface area contributed by atoms with E-state index in [9.17, 15) is 18.0 Å². The lowest BCUT2D eigenvalue weighted by Crippen LogP contribution is -2.22. The molecule has 0 aliphatic carbocycles. The van der Waals surface area contributed by atoms with E-state index in [-0.39, 0.29) is 18.0 Å². The molecule has 170 valence electrons. The molecule has 0 aliphatic heterocycles. The van der Waals surface area contributed by atoms with E-state index in [0.717, 1.165) is 16.9 Å². The number of fused-ring (bicyclic) bond motifs is 1. The van der Waals surface area contributed by atoms with Crippen LogP contribution in [-0.4, -0.2) is 28.0 Å². The van der Waals surface area contributed by atoms with Gasteiger partial charge in [0.05, 0.1) is 17.1 Å². The molecule has 0 radical (unpaired) electrons. The van der Waals surface area contributed by atoms with Gasteiger partial charge in [-0.05, 0) is 55.0 Å². The highest BCUT2D eigenvalue weighted by Gasteiger charge is 2.27. The zero-order chi connectivity index (χ0) is 23.4. The maximum atomic E-state index is 12.6. The standard InChI is InChI=1S/C24H21F3N4O2/c1-16-6-11-22-29-18(13-31(22)12-16)14-33-19-9-7-17(8-10-19)23(32)30-21-5-3-2-4-20(21)28-15-24(25,26)27/h2-13,28H,14-15H2,1H3,(H,30,32). The highest BCUT2D eigenvalue weighted by Crippen LogP contribution is 2.24. The van der Waals surface area contributed by atoms with Gasteiger partial charge in [-0.15, -0.1) is 0 Å². The van der Waals surface area contributed by atoms with Crippen LogP contribution in [0.25, 0.3) is 5.65 Å².